The molecule has 134 valence electrons. The fraction of sp³-hybridized carbons (Fsp3) is 0.300. The quantitative estimate of drug-likeness (QED) is 0.744. The van der Waals surface area contributed by atoms with Gasteiger partial charge in [-0.05, 0) is 18.2 Å². The molecule has 0 saturated carbocycles. The molecule has 6 heteroatoms. The highest BCUT2D eigenvalue weighted by Crippen LogP contribution is 2.27. The summed E-state index contributed by atoms with van der Waals surface area (Å²) in [7, 11) is 0. The molecule has 1 N–H and O–H groups in total. The highest BCUT2D eigenvalue weighted by Gasteiger charge is 2.12. The van der Waals surface area contributed by atoms with Crippen molar-refractivity contribution in [3.05, 3.63) is 53.6 Å². The summed E-state index contributed by atoms with van der Waals surface area (Å²) in [6.07, 6.45) is 0. The van der Waals surface area contributed by atoms with Gasteiger partial charge in [-0.3, -0.25) is 4.90 Å². The van der Waals surface area contributed by atoms with Gasteiger partial charge in [0.2, 0.25) is 0 Å². The van der Waals surface area contributed by atoms with Crippen molar-refractivity contribution in [2.45, 2.75) is 0 Å². The highest BCUT2D eigenvalue weighted by atomic mass is 35.5. The zero-order chi connectivity index (χ0) is 17.8. The van der Waals surface area contributed by atoms with Crippen molar-refractivity contribution in [3.8, 4) is 11.4 Å². The Morgan fingerprint density at radius 3 is 2.65 bits per heavy atom. The summed E-state index contributed by atoms with van der Waals surface area (Å²) in [5.74, 6) is 1.55. The number of ether oxygens (including phenoxy) is 1. The van der Waals surface area contributed by atoms with Gasteiger partial charge in [0.05, 0.1) is 18.7 Å². The topological polar surface area (TPSA) is 50.3 Å². The zero-order valence-electron chi connectivity index (χ0n) is 14.5. The minimum atomic E-state index is 0.675. The van der Waals surface area contributed by atoms with Gasteiger partial charge < -0.3 is 10.1 Å². The summed E-state index contributed by atoms with van der Waals surface area (Å²) in [6, 6.07) is 15.7. The maximum absolute atomic E-state index is 6.18. The van der Waals surface area contributed by atoms with Crippen molar-refractivity contribution in [2.75, 3.05) is 44.7 Å². The second-order valence-electron chi connectivity index (χ2n) is 6.30. The molecule has 0 spiro atoms. The molecule has 3 aromatic rings. The Bertz CT molecular complexity index is 882. The van der Waals surface area contributed by atoms with Gasteiger partial charge in [0.25, 0.3) is 0 Å². The van der Waals surface area contributed by atoms with E-state index in [0.29, 0.717) is 10.8 Å². The maximum Gasteiger partial charge on any atom is 0.162 e. The van der Waals surface area contributed by atoms with Crippen molar-refractivity contribution in [2.24, 2.45) is 0 Å². The Morgan fingerprint density at radius 2 is 1.85 bits per heavy atom. The third-order valence-corrected chi connectivity index (χ3v) is 4.75. The van der Waals surface area contributed by atoms with Crippen LogP contribution < -0.4 is 5.32 Å². The molecular weight excluding hydrogens is 348 g/mol. The molecule has 5 nitrogen and oxygen atoms in total. The van der Waals surface area contributed by atoms with E-state index in [1.807, 2.05) is 48.5 Å². The van der Waals surface area contributed by atoms with Gasteiger partial charge in [0.1, 0.15) is 5.82 Å². The fourth-order valence-corrected chi connectivity index (χ4v) is 3.28. The van der Waals surface area contributed by atoms with Crippen LogP contribution in [0.5, 0.6) is 0 Å². The summed E-state index contributed by atoms with van der Waals surface area (Å²) >= 11 is 6.18. The van der Waals surface area contributed by atoms with Gasteiger partial charge in [-0.2, -0.15) is 0 Å². The number of hydrogen-bond acceptors (Lipinski definition) is 5. The lowest BCUT2D eigenvalue weighted by molar-refractivity contribution is 0.0398. The minimum Gasteiger partial charge on any atom is -0.379 e. The van der Waals surface area contributed by atoms with E-state index in [1.54, 1.807) is 0 Å². The van der Waals surface area contributed by atoms with E-state index in [9.17, 15) is 0 Å². The van der Waals surface area contributed by atoms with Crippen LogP contribution in [-0.2, 0) is 4.74 Å². The molecule has 0 amide bonds. The number of rotatable bonds is 5. The molecule has 0 unspecified atom stereocenters. The SMILES string of the molecule is Clc1ccc2c(NCCN3CCOCC3)nc(-c3ccccc3)nc2c1. The van der Waals surface area contributed by atoms with E-state index in [1.165, 1.54) is 0 Å². The molecule has 1 aromatic heterocycles. The van der Waals surface area contributed by atoms with Crippen LogP contribution in [0, 0.1) is 0 Å². The van der Waals surface area contributed by atoms with Crippen molar-refractivity contribution in [1.29, 1.82) is 0 Å². The van der Waals surface area contributed by atoms with E-state index in [2.05, 4.69) is 10.2 Å². The van der Waals surface area contributed by atoms with Gasteiger partial charge in [-0.1, -0.05) is 41.9 Å². The number of morpholine rings is 1. The van der Waals surface area contributed by atoms with Crippen LogP contribution in [0.25, 0.3) is 22.3 Å². The van der Waals surface area contributed by atoms with Crippen LogP contribution in [-0.4, -0.2) is 54.3 Å². The normalized spacial score (nSPS) is 15.3. The molecule has 26 heavy (non-hydrogen) atoms. The summed E-state index contributed by atoms with van der Waals surface area (Å²) in [4.78, 5) is 11.9. The summed E-state index contributed by atoms with van der Waals surface area (Å²) in [5.41, 5.74) is 1.84. The van der Waals surface area contributed by atoms with E-state index < -0.39 is 0 Å². The van der Waals surface area contributed by atoms with Crippen molar-refractivity contribution < 1.29 is 4.74 Å². The van der Waals surface area contributed by atoms with Gasteiger partial charge in [0.15, 0.2) is 5.82 Å². The Labute approximate surface area is 158 Å². The molecule has 0 aliphatic carbocycles. The molecule has 0 atom stereocenters. The number of aromatic nitrogens is 2. The van der Waals surface area contributed by atoms with Gasteiger partial charge in [-0.25, -0.2) is 9.97 Å². The van der Waals surface area contributed by atoms with Crippen molar-refractivity contribution in [1.82, 2.24) is 14.9 Å². The molecule has 1 fully saturated rings. The lowest BCUT2D eigenvalue weighted by Gasteiger charge is -2.26. The Hall–Kier alpha value is -2.21. The molecule has 0 radical (unpaired) electrons. The average molecular weight is 369 g/mol. The number of hydrogen-bond donors (Lipinski definition) is 1. The Morgan fingerprint density at radius 1 is 1.04 bits per heavy atom. The standard InChI is InChI=1S/C20H21ClN4O/c21-16-6-7-17-18(14-16)23-19(15-4-2-1-3-5-15)24-20(17)22-8-9-25-10-12-26-13-11-25/h1-7,14H,8-13H2,(H,22,23,24). The highest BCUT2D eigenvalue weighted by molar-refractivity contribution is 6.31. The number of fused-ring (bicyclic) bond motifs is 1. The first-order valence-corrected chi connectivity index (χ1v) is 9.24. The van der Waals surface area contributed by atoms with Gasteiger partial charge in [-0.15, -0.1) is 0 Å². The average Bonchev–Trinajstić information content (AvgIpc) is 2.69. The number of nitrogens with zero attached hydrogens (tertiary/aromatic N) is 3. The predicted octanol–water partition coefficient (Wildman–Crippen LogP) is 3.69. The van der Waals surface area contributed by atoms with Crippen molar-refractivity contribution >= 4 is 28.3 Å². The van der Waals surface area contributed by atoms with Crippen LogP contribution >= 0.6 is 11.6 Å². The third kappa shape index (κ3) is 3.96. The number of halogens is 1. The Kier molecular flexibility index (Phi) is 5.29. The summed E-state index contributed by atoms with van der Waals surface area (Å²) in [6.45, 7) is 5.38. The van der Waals surface area contributed by atoms with Gasteiger partial charge >= 0.3 is 0 Å². The Balaban J connectivity index is 1.61. The summed E-state index contributed by atoms with van der Waals surface area (Å²) < 4.78 is 5.40. The lowest BCUT2D eigenvalue weighted by atomic mass is 10.2. The molecule has 4 rings (SSSR count). The van der Waals surface area contributed by atoms with E-state index in [4.69, 9.17) is 26.3 Å². The zero-order valence-corrected chi connectivity index (χ0v) is 15.2. The second kappa shape index (κ2) is 7.99. The van der Waals surface area contributed by atoms with Crippen LogP contribution in [0.15, 0.2) is 48.5 Å². The predicted molar refractivity (Wildman–Crippen MR) is 106 cm³/mol. The molecule has 0 bridgehead atoms. The molecule has 1 aliphatic rings. The van der Waals surface area contributed by atoms with E-state index in [0.717, 1.165) is 61.7 Å². The van der Waals surface area contributed by atoms with Crippen LogP contribution in [0.2, 0.25) is 5.02 Å². The van der Waals surface area contributed by atoms with E-state index in [-0.39, 0.29) is 0 Å². The molecule has 2 heterocycles. The van der Waals surface area contributed by atoms with Crippen LogP contribution in [0.3, 0.4) is 0 Å². The van der Waals surface area contributed by atoms with Gasteiger partial charge in [0, 0.05) is 42.2 Å². The summed E-state index contributed by atoms with van der Waals surface area (Å²) in [5, 5.41) is 5.15. The fourth-order valence-electron chi connectivity index (χ4n) is 3.11. The largest absolute Gasteiger partial charge is 0.379 e. The smallest absolute Gasteiger partial charge is 0.162 e. The first-order valence-electron chi connectivity index (χ1n) is 8.86. The van der Waals surface area contributed by atoms with E-state index >= 15 is 0 Å². The third-order valence-electron chi connectivity index (χ3n) is 4.52. The maximum atomic E-state index is 6.18. The number of benzene rings is 2. The molecule has 1 aliphatic heterocycles. The second-order valence-corrected chi connectivity index (χ2v) is 6.74. The van der Waals surface area contributed by atoms with Crippen LogP contribution in [0.1, 0.15) is 0 Å². The first-order chi connectivity index (χ1) is 12.8. The lowest BCUT2D eigenvalue weighted by Crippen LogP contribution is -2.39. The first kappa shape index (κ1) is 17.2. The number of nitrogens with one attached hydrogen (secondary N) is 1. The van der Waals surface area contributed by atoms with Crippen LogP contribution in [0.4, 0.5) is 5.82 Å². The monoisotopic (exact) mass is 368 g/mol. The number of anilines is 1. The van der Waals surface area contributed by atoms with Crippen molar-refractivity contribution in [3.63, 3.8) is 0 Å². The molecule has 2 aromatic carbocycles. The molecular formula is C20H21ClN4O. The molecule has 1 saturated heterocycles. The minimum absolute atomic E-state index is 0.675.